The molecule has 31 heavy (non-hydrogen) atoms. The fraction of sp³-hybridized carbons (Fsp3) is 0.190. The molecule has 2 aliphatic heterocycles. The van der Waals surface area contributed by atoms with Crippen LogP contribution in [0.4, 0.5) is 10.1 Å². The molecule has 3 amide bonds. The van der Waals surface area contributed by atoms with Crippen LogP contribution < -0.4 is 10.0 Å². The lowest BCUT2D eigenvalue weighted by molar-refractivity contribution is -0.125. The van der Waals surface area contributed by atoms with Crippen molar-refractivity contribution in [3.05, 3.63) is 71.2 Å². The van der Waals surface area contributed by atoms with E-state index in [0.717, 1.165) is 17.0 Å². The topological polar surface area (TPSA) is 113 Å². The summed E-state index contributed by atoms with van der Waals surface area (Å²) in [5.41, 5.74) is 0.955. The summed E-state index contributed by atoms with van der Waals surface area (Å²) in [6, 6.07) is 6.33. The Morgan fingerprint density at radius 1 is 1.10 bits per heavy atom. The molecule has 0 saturated carbocycles. The van der Waals surface area contributed by atoms with Gasteiger partial charge in [0, 0.05) is 11.4 Å². The van der Waals surface area contributed by atoms with Crippen LogP contribution in [0.3, 0.4) is 0 Å². The zero-order valence-corrected chi connectivity index (χ0v) is 17.3. The van der Waals surface area contributed by atoms with Crippen LogP contribution in [0.25, 0.3) is 0 Å². The lowest BCUT2D eigenvalue weighted by Crippen LogP contribution is -2.51. The molecule has 1 saturated heterocycles. The Hall–Kier alpha value is -3.53. The highest BCUT2D eigenvalue weighted by Crippen LogP contribution is 2.31. The molecule has 1 atom stereocenters. The van der Waals surface area contributed by atoms with E-state index in [2.05, 4.69) is 16.6 Å². The molecule has 2 aromatic rings. The van der Waals surface area contributed by atoms with Gasteiger partial charge < -0.3 is 5.32 Å². The number of nitrogens with one attached hydrogen (secondary N) is 2. The molecular formula is C21H18FN3O5S. The quantitative estimate of drug-likeness (QED) is 0.705. The first-order valence-corrected chi connectivity index (χ1v) is 10.9. The van der Waals surface area contributed by atoms with Gasteiger partial charge in [0.25, 0.3) is 21.8 Å². The van der Waals surface area contributed by atoms with E-state index in [1.165, 1.54) is 31.2 Å². The Bertz CT molecular complexity index is 1270. The molecule has 0 radical (unpaired) electrons. The van der Waals surface area contributed by atoms with Crippen molar-refractivity contribution in [1.82, 2.24) is 10.2 Å². The molecule has 0 spiro atoms. The number of imide groups is 1. The van der Waals surface area contributed by atoms with Crippen LogP contribution in [0.5, 0.6) is 0 Å². The second-order valence-corrected chi connectivity index (χ2v) is 9.05. The van der Waals surface area contributed by atoms with Gasteiger partial charge >= 0.3 is 0 Å². The normalized spacial score (nSPS) is 18.8. The third kappa shape index (κ3) is 3.59. The second kappa shape index (κ2) is 7.31. The van der Waals surface area contributed by atoms with E-state index in [1.54, 1.807) is 0 Å². The van der Waals surface area contributed by atoms with Gasteiger partial charge in [-0.3, -0.25) is 24.0 Å². The zero-order chi connectivity index (χ0) is 22.5. The predicted octanol–water partition coefficient (Wildman–Crippen LogP) is 2.32. The van der Waals surface area contributed by atoms with Crippen LogP contribution in [0.1, 0.15) is 39.1 Å². The largest absolute Gasteiger partial charge is 0.329 e. The van der Waals surface area contributed by atoms with Crippen molar-refractivity contribution in [2.45, 2.75) is 30.7 Å². The lowest BCUT2D eigenvalue weighted by Gasteiger charge is -2.29. The van der Waals surface area contributed by atoms with Crippen molar-refractivity contribution in [3.63, 3.8) is 0 Å². The van der Waals surface area contributed by atoms with Crippen LogP contribution in [-0.4, -0.2) is 37.1 Å². The van der Waals surface area contributed by atoms with Gasteiger partial charge in [-0.25, -0.2) is 12.8 Å². The number of aryl methyl sites for hydroxylation is 1. The fourth-order valence-electron chi connectivity index (χ4n) is 3.69. The van der Waals surface area contributed by atoms with E-state index < -0.39 is 39.6 Å². The number of carbonyl (C=O) groups excluding carboxylic acids is 3. The number of sulfonamides is 1. The summed E-state index contributed by atoms with van der Waals surface area (Å²) in [5, 5.41) is 2.54. The van der Waals surface area contributed by atoms with Crippen molar-refractivity contribution in [3.8, 4) is 0 Å². The van der Waals surface area contributed by atoms with Gasteiger partial charge in [0.05, 0.1) is 16.0 Å². The molecule has 0 aliphatic carbocycles. The Morgan fingerprint density at radius 3 is 2.52 bits per heavy atom. The lowest BCUT2D eigenvalue weighted by atomic mass is 10.0. The Morgan fingerprint density at radius 2 is 1.81 bits per heavy atom. The number of hydrogen-bond acceptors (Lipinski definition) is 5. The van der Waals surface area contributed by atoms with Gasteiger partial charge in [0.1, 0.15) is 11.9 Å². The van der Waals surface area contributed by atoms with Crippen LogP contribution in [-0.2, 0) is 14.8 Å². The van der Waals surface area contributed by atoms with Crippen molar-refractivity contribution in [2.75, 3.05) is 4.72 Å². The van der Waals surface area contributed by atoms with Crippen molar-refractivity contribution in [2.24, 2.45) is 0 Å². The summed E-state index contributed by atoms with van der Waals surface area (Å²) in [6.07, 6.45) is 0.691. The SMILES string of the molecule is C=C1CCC(N2C(=O)c3ccc(NS(=O)(=O)c4cc(F)ccc4C)cc3C2=O)C(=O)N1. The van der Waals surface area contributed by atoms with E-state index in [4.69, 9.17) is 0 Å². The van der Waals surface area contributed by atoms with Crippen LogP contribution in [0.15, 0.2) is 53.6 Å². The van der Waals surface area contributed by atoms with E-state index in [0.29, 0.717) is 17.7 Å². The highest BCUT2D eigenvalue weighted by Gasteiger charge is 2.44. The first kappa shape index (κ1) is 20.7. The molecule has 2 aromatic carbocycles. The molecule has 1 unspecified atom stereocenters. The summed E-state index contributed by atoms with van der Waals surface area (Å²) in [7, 11) is -4.14. The fourth-order valence-corrected chi connectivity index (χ4v) is 4.99. The van der Waals surface area contributed by atoms with Gasteiger partial charge in [0.15, 0.2) is 0 Å². The summed E-state index contributed by atoms with van der Waals surface area (Å²) in [4.78, 5) is 38.6. The molecule has 0 aromatic heterocycles. The van der Waals surface area contributed by atoms with Crippen molar-refractivity contribution in [1.29, 1.82) is 0 Å². The molecule has 160 valence electrons. The monoisotopic (exact) mass is 443 g/mol. The maximum Gasteiger partial charge on any atom is 0.262 e. The van der Waals surface area contributed by atoms with Gasteiger partial charge in [-0.2, -0.15) is 0 Å². The minimum Gasteiger partial charge on any atom is -0.329 e. The smallest absolute Gasteiger partial charge is 0.262 e. The van der Waals surface area contributed by atoms with E-state index >= 15 is 0 Å². The van der Waals surface area contributed by atoms with Gasteiger partial charge in [-0.1, -0.05) is 12.6 Å². The number of carbonyl (C=O) groups is 3. The Labute approximate surface area is 177 Å². The minimum atomic E-state index is -4.14. The molecule has 2 N–H and O–H groups in total. The molecule has 1 fully saturated rings. The summed E-state index contributed by atoms with van der Waals surface area (Å²) < 4.78 is 41.3. The molecule has 8 nitrogen and oxygen atoms in total. The second-order valence-electron chi connectivity index (χ2n) is 7.40. The van der Waals surface area contributed by atoms with Crippen LogP contribution >= 0.6 is 0 Å². The first-order chi connectivity index (χ1) is 14.6. The number of amides is 3. The van der Waals surface area contributed by atoms with Gasteiger partial charge in [-0.15, -0.1) is 0 Å². The summed E-state index contributed by atoms with van der Waals surface area (Å²) in [6.45, 7) is 5.20. The highest BCUT2D eigenvalue weighted by atomic mass is 32.2. The third-order valence-corrected chi connectivity index (χ3v) is 6.77. The molecule has 2 aliphatic rings. The van der Waals surface area contributed by atoms with E-state index in [1.807, 2.05) is 0 Å². The molecule has 0 bridgehead atoms. The minimum absolute atomic E-state index is 0.0154. The predicted molar refractivity (Wildman–Crippen MR) is 109 cm³/mol. The Balaban J connectivity index is 1.64. The standard InChI is InChI=1S/C21H18FN3O5S/c1-11-3-5-13(22)9-18(11)31(29,30)24-14-6-7-15-16(10-14)21(28)25(20(15)27)17-8-4-12(2)23-19(17)26/h3,5-7,9-10,17,24H,2,4,8H2,1H3,(H,23,26). The Kier molecular flexibility index (Phi) is 4.89. The summed E-state index contributed by atoms with van der Waals surface area (Å²) >= 11 is 0. The number of anilines is 1. The highest BCUT2D eigenvalue weighted by molar-refractivity contribution is 7.92. The molecule has 4 rings (SSSR count). The molecular weight excluding hydrogens is 425 g/mol. The third-order valence-electron chi connectivity index (χ3n) is 5.24. The number of halogens is 1. The number of fused-ring (bicyclic) bond motifs is 1. The maximum absolute atomic E-state index is 13.5. The first-order valence-electron chi connectivity index (χ1n) is 9.38. The van der Waals surface area contributed by atoms with Crippen LogP contribution in [0, 0.1) is 12.7 Å². The zero-order valence-electron chi connectivity index (χ0n) is 16.4. The number of allylic oxidation sites excluding steroid dienone is 1. The average molecular weight is 443 g/mol. The van der Waals surface area contributed by atoms with Gasteiger partial charge in [0.2, 0.25) is 5.91 Å². The number of rotatable bonds is 4. The van der Waals surface area contributed by atoms with Crippen LogP contribution in [0.2, 0.25) is 0 Å². The van der Waals surface area contributed by atoms with E-state index in [9.17, 15) is 27.2 Å². The molecule has 2 heterocycles. The summed E-state index contributed by atoms with van der Waals surface area (Å²) in [5.74, 6) is -2.50. The van der Waals surface area contributed by atoms with Crippen molar-refractivity contribution >= 4 is 33.4 Å². The van der Waals surface area contributed by atoms with E-state index in [-0.39, 0.29) is 28.1 Å². The number of nitrogens with zero attached hydrogens (tertiary/aromatic N) is 1. The number of benzene rings is 2. The number of hydrogen-bond donors (Lipinski definition) is 2. The molecule has 10 heteroatoms. The van der Waals surface area contributed by atoms with Crippen molar-refractivity contribution < 1.29 is 27.2 Å². The average Bonchev–Trinajstić information content (AvgIpc) is 2.94. The maximum atomic E-state index is 13.5. The number of piperidine rings is 1. The van der Waals surface area contributed by atoms with Gasteiger partial charge in [-0.05, 0) is 55.7 Å².